The SMILES string of the molecule is CSc1ccccc1NC(=O)C[NH+](C)CC(=O)N[C@@H](C)c1ccccc1. The van der Waals surface area contributed by atoms with Gasteiger partial charge in [-0.05, 0) is 30.9 Å². The monoisotopic (exact) mass is 372 g/mol. The van der Waals surface area contributed by atoms with E-state index in [0.717, 1.165) is 21.0 Å². The molecule has 2 amide bonds. The minimum Gasteiger partial charge on any atom is -0.345 e. The number of rotatable bonds is 8. The predicted octanol–water partition coefficient (Wildman–Crippen LogP) is 1.74. The maximum atomic E-state index is 12.2. The highest BCUT2D eigenvalue weighted by Crippen LogP contribution is 2.24. The summed E-state index contributed by atoms with van der Waals surface area (Å²) in [7, 11) is 1.84. The van der Waals surface area contributed by atoms with Gasteiger partial charge in [-0.15, -0.1) is 11.8 Å². The molecule has 0 bridgehead atoms. The van der Waals surface area contributed by atoms with Gasteiger partial charge in [0.1, 0.15) is 0 Å². The molecule has 2 aromatic rings. The van der Waals surface area contributed by atoms with E-state index in [1.165, 1.54) is 0 Å². The molecule has 0 fully saturated rings. The van der Waals surface area contributed by atoms with E-state index in [0.29, 0.717) is 0 Å². The molecule has 0 spiro atoms. The van der Waals surface area contributed by atoms with Crippen LogP contribution in [0.4, 0.5) is 5.69 Å². The highest BCUT2D eigenvalue weighted by Gasteiger charge is 2.17. The molecule has 0 heterocycles. The second-order valence-electron chi connectivity index (χ2n) is 6.26. The van der Waals surface area contributed by atoms with Crippen molar-refractivity contribution >= 4 is 29.3 Å². The third-order valence-corrected chi connectivity index (χ3v) is 4.78. The van der Waals surface area contributed by atoms with Crippen LogP contribution in [0.1, 0.15) is 18.5 Å². The fraction of sp³-hybridized carbons (Fsp3) is 0.300. The van der Waals surface area contributed by atoms with Crippen LogP contribution in [-0.4, -0.2) is 38.2 Å². The molecule has 1 unspecified atom stereocenters. The fourth-order valence-electron chi connectivity index (χ4n) is 2.67. The molecule has 26 heavy (non-hydrogen) atoms. The van der Waals surface area contributed by atoms with Gasteiger partial charge in [0, 0.05) is 4.90 Å². The van der Waals surface area contributed by atoms with Gasteiger partial charge in [-0.3, -0.25) is 9.59 Å². The van der Waals surface area contributed by atoms with Crippen molar-refractivity contribution < 1.29 is 14.5 Å². The molecule has 0 radical (unpaired) electrons. The van der Waals surface area contributed by atoms with Gasteiger partial charge in [0.05, 0.1) is 18.8 Å². The van der Waals surface area contributed by atoms with E-state index in [2.05, 4.69) is 10.6 Å². The van der Waals surface area contributed by atoms with E-state index in [1.807, 2.05) is 74.8 Å². The maximum absolute atomic E-state index is 12.2. The third-order valence-electron chi connectivity index (χ3n) is 3.98. The van der Waals surface area contributed by atoms with Crippen LogP contribution < -0.4 is 15.5 Å². The lowest BCUT2D eigenvalue weighted by molar-refractivity contribution is -0.862. The van der Waals surface area contributed by atoms with Gasteiger partial charge in [-0.25, -0.2) is 0 Å². The molecule has 5 nitrogen and oxygen atoms in total. The first-order valence-electron chi connectivity index (χ1n) is 8.58. The zero-order valence-corrected chi connectivity index (χ0v) is 16.2. The van der Waals surface area contributed by atoms with E-state index < -0.39 is 0 Å². The van der Waals surface area contributed by atoms with E-state index in [9.17, 15) is 9.59 Å². The number of hydrogen-bond donors (Lipinski definition) is 3. The van der Waals surface area contributed by atoms with Crippen molar-refractivity contribution in [1.82, 2.24) is 5.32 Å². The first kappa shape index (κ1) is 20.0. The van der Waals surface area contributed by atoms with Crippen molar-refractivity contribution in [2.45, 2.75) is 17.9 Å². The highest BCUT2D eigenvalue weighted by atomic mass is 32.2. The standard InChI is InChI=1S/C20H25N3O2S/c1-15(16-9-5-4-6-10-16)21-19(24)13-23(2)14-20(25)22-17-11-7-8-12-18(17)26-3/h4-12,15H,13-14H2,1-3H3,(H,21,24)(H,22,25)/p+1/t15-/m0/s1. The topological polar surface area (TPSA) is 62.6 Å². The first-order chi connectivity index (χ1) is 12.5. The van der Waals surface area contributed by atoms with Gasteiger partial charge in [0.2, 0.25) is 0 Å². The molecular formula is C20H26N3O2S+. The van der Waals surface area contributed by atoms with Crippen molar-refractivity contribution in [2.24, 2.45) is 0 Å². The van der Waals surface area contributed by atoms with E-state index in [1.54, 1.807) is 11.8 Å². The molecule has 0 saturated carbocycles. The molecular weight excluding hydrogens is 346 g/mol. The number of likely N-dealkylation sites (N-methyl/N-ethyl adjacent to an activating group) is 1. The molecule has 2 aromatic carbocycles. The minimum absolute atomic E-state index is 0.0567. The zero-order chi connectivity index (χ0) is 18.9. The number of quaternary nitrogens is 1. The summed E-state index contributed by atoms with van der Waals surface area (Å²) in [5.41, 5.74) is 1.87. The van der Waals surface area contributed by atoms with Gasteiger partial charge in [-0.1, -0.05) is 42.5 Å². The molecule has 0 aliphatic rings. The van der Waals surface area contributed by atoms with Crippen LogP contribution in [0.5, 0.6) is 0 Å². The average Bonchev–Trinajstić information content (AvgIpc) is 2.62. The Balaban J connectivity index is 1.81. The lowest BCUT2D eigenvalue weighted by Crippen LogP contribution is -3.11. The molecule has 138 valence electrons. The van der Waals surface area contributed by atoms with Crippen molar-refractivity contribution in [2.75, 3.05) is 31.7 Å². The van der Waals surface area contributed by atoms with Crippen molar-refractivity contribution in [1.29, 1.82) is 0 Å². The Morgan fingerprint density at radius 3 is 2.31 bits per heavy atom. The Morgan fingerprint density at radius 2 is 1.62 bits per heavy atom. The molecule has 3 N–H and O–H groups in total. The van der Waals surface area contributed by atoms with Crippen LogP contribution in [0, 0.1) is 0 Å². The van der Waals surface area contributed by atoms with Gasteiger partial charge in [-0.2, -0.15) is 0 Å². The Labute approximate surface area is 159 Å². The van der Waals surface area contributed by atoms with Crippen LogP contribution in [0.2, 0.25) is 0 Å². The molecule has 0 aliphatic carbocycles. The largest absolute Gasteiger partial charge is 0.345 e. The second kappa shape index (κ2) is 9.99. The second-order valence-corrected chi connectivity index (χ2v) is 7.11. The number of benzene rings is 2. The lowest BCUT2D eigenvalue weighted by atomic mass is 10.1. The Kier molecular flexibility index (Phi) is 7.69. The van der Waals surface area contributed by atoms with Crippen LogP contribution in [-0.2, 0) is 9.59 Å². The number of nitrogens with one attached hydrogen (secondary N) is 3. The Hall–Kier alpha value is -2.31. The van der Waals surface area contributed by atoms with Crippen molar-refractivity contribution in [3.63, 3.8) is 0 Å². The molecule has 0 aromatic heterocycles. The minimum atomic E-state index is -0.104. The molecule has 0 aliphatic heterocycles. The number of thioether (sulfide) groups is 1. The van der Waals surface area contributed by atoms with E-state index in [-0.39, 0.29) is 30.9 Å². The number of amides is 2. The smallest absolute Gasteiger partial charge is 0.279 e. The molecule has 0 saturated heterocycles. The number of para-hydroxylation sites is 1. The molecule has 6 heteroatoms. The van der Waals surface area contributed by atoms with Crippen molar-refractivity contribution in [3.05, 3.63) is 60.2 Å². The van der Waals surface area contributed by atoms with E-state index in [4.69, 9.17) is 0 Å². The predicted molar refractivity (Wildman–Crippen MR) is 106 cm³/mol. The summed E-state index contributed by atoms with van der Waals surface area (Å²) in [5.74, 6) is -0.177. The van der Waals surface area contributed by atoms with Gasteiger partial charge in [0.25, 0.3) is 11.8 Å². The van der Waals surface area contributed by atoms with Crippen LogP contribution in [0.15, 0.2) is 59.5 Å². The van der Waals surface area contributed by atoms with Crippen molar-refractivity contribution in [3.8, 4) is 0 Å². The quantitative estimate of drug-likeness (QED) is 0.619. The number of carbonyl (C=O) groups excluding carboxylic acids is 2. The van der Waals surface area contributed by atoms with Gasteiger partial charge < -0.3 is 15.5 Å². The fourth-order valence-corrected chi connectivity index (χ4v) is 3.22. The van der Waals surface area contributed by atoms with Gasteiger partial charge in [0.15, 0.2) is 13.1 Å². The number of anilines is 1. The first-order valence-corrected chi connectivity index (χ1v) is 9.80. The molecule has 2 atom stereocenters. The Morgan fingerprint density at radius 1 is 1.00 bits per heavy atom. The number of carbonyl (C=O) groups is 2. The van der Waals surface area contributed by atoms with Crippen LogP contribution in [0.25, 0.3) is 0 Å². The molecule has 2 rings (SSSR count). The normalized spacial score (nSPS) is 12.9. The van der Waals surface area contributed by atoms with Crippen LogP contribution >= 0.6 is 11.8 Å². The summed E-state index contributed by atoms with van der Waals surface area (Å²) >= 11 is 1.59. The lowest BCUT2D eigenvalue weighted by Gasteiger charge is -2.17. The summed E-state index contributed by atoms with van der Waals surface area (Å²) in [6.45, 7) is 2.43. The van der Waals surface area contributed by atoms with Gasteiger partial charge >= 0.3 is 0 Å². The zero-order valence-electron chi connectivity index (χ0n) is 15.4. The third kappa shape index (κ3) is 6.20. The summed E-state index contributed by atoms with van der Waals surface area (Å²) in [4.78, 5) is 26.3. The Bertz CT molecular complexity index is 737. The maximum Gasteiger partial charge on any atom is 0.279 e. The number of hydrogen-bond acceptors (Lipinski definition) is 3. The summed E-state index contributed by atoms with van der Waals surface area (Å²) in [6.07, 6.45) is 1.97. The highest BCUT2D eigenvalue weighted by molar-refractivity contribution is 7.98. The summed E-state index contributed by atoms with van der Waals surface area (Å²) in [6, 6.07) is 17.4. The van der Waals surface area contributed by atoms with E-state index >= 15 is 0 Å². The summed E-state index contributed by atoms with van der Waals surface area (Å²) < 4.78 is 0. The van der Waals surface area contributed by atoms with Crippen LogP contribution in [0.3, 0.4) is 0 Å². The average molecular weight is 373 g/mol. The summed E-state index contributed by atoms with van der Waals surface area (Å²) in [5, 5.41) is 5.89.